The van der Waals surface area contributed by atoms with Crippen molar-refractivity contribution in [3.8, 4) is 5.75 Å². The fourth-order valence-electron chi connectivity index (χ4n) is 3.35. The van der Waals surface area contributed by atoms with E-state index in [-0.39, 0.29) is 18.4 Å². The number of anilines is 2. The van der Waals surface area contributed by atoms with E-state index in [0.717, 1.165) is 31.6 Å². The first-order chi connectivity index (χ1) is 14.6. The Bertz CT molecular complexity index is 872. The van der Waals surface area contributed by atoms with Crippen LogP contribution in [0, 0.1) is 5.92 Å². The standard InChI is InChI=1S/C24H29N3O3/c1-3-16-30-22-7-5-4-6-21(22)26-23(28)17-25-20-10-8-19(9-11-20)24(29)27-14-12-18(2)13-15-27/h3-11,18,25H,1,12-17H2,2H3,(H,26,28). The molecule has 6 heteroatoms. The highest BCUT2D eigenvalue weighted by molar-refractivity contribution is 5.96. The molecule has 1 aliphatic rings. The summed E-state index contributed by atoms with van der Waals surface area (Å²) in [5.74, 6) is 1.17. The highest BCUT2D eigenvalue weighted by Crippen LogP contribution is 2.24. The number of carbonyl (C=O) groups is 2. The lowest BCUT2D eigenvalue weighted by atomic mass is 9.98. The van der Waals surface area contributed by atoms with Gasteiger partial charge in [-0.05, 0) is 55.2 Å². The van der Waals surface area contributed by atoms with Crippen LogP contribution in [0.3, 0.4) is 0 Å². The molecule has 2 amide bonds. The first-order valence-electron chi connectivity index (χ1n) is 10.3. The molecule has 3 rings (SSSR count). The van der Waals surface area contributed by atoms with E-state index in [4.69, 9.17) is 4.74 Å². The molecule has 2 aromatic rings. The highest BCUT2D eigenvalue weighted by Gasteiger charge is 2.21. The number of para-hydroxylation sites is 2. The zero-order valence-electron chi connectivity index (χ0n) is 17.4. The van der Waals surface area contributed by atoms with Gasteiger partial charge in [0.2, 0.25) is 5.91 Å². The van der Waals surface area contributed by atoms with E-state index < -0.39 is 0 Å². The highest BCUT2D eigenvalue weighted by atomic mass is 16.5. The van der Waals surface area contributed by atoms with Gasteiger partial charge in [0, 0.05) is 24.3 Å². The molecule has 2 aromatic carbocycles. The van der Waals surface area contributed by atoms with E-state index in [9.17, 15) is 9.59 Å². The van der Waals surface area contributed by atoms with Crippen LogP contribution < -0.4 is 15.4 Å². The number of nitrogens with zero attached hydrogens (tertiary/aromatic N) is 1. The summed E-state index contributed by atoms with van der Waals surface area (Å²) in [5, 5.41) is 5.93. The Hall–Kier alpha value is -3.28. The van der Waals surface area contributed by atoms with Gasteiger partial charge < -0.3 is 20.3 Å². The van der Waals surface area contributed by atoms with Crippen molar-refractivity contribution in [3.05, 3.63) is 66.7 Å². The fraction of sp³-hybridized carbons (Fsp3) is 0.333. The maximum absolute atomic E-state index is 12.6. The Morgan fingerprint density at radius 3 is 2.53 bits per heavy atom. The van der Waals surface area contributed by atoms with Gasteiger partial charge in [0.15, 0.2) is 0 Å². The third-order valence-electron chi connectivity index (χ3n) is 5.17. The van der Waals surface area contributed by atoms with Crippen molar-refractivity contribution in [1.82, 2.24) is 4.90 Å². The zero-order valence-corrected chi connectivity index (χ0v) is 17.4. The number of carbonyl (C=O) groups excluding carboxylic acids is 2. The molecular weight excluding hydrogens is 378 g/mol. The van der Waals surface area contributed by atoms with E-state index >= 15 is 0 Å². The molecule has 6 nitrogen and oxygen atoms in total. The monoisotopic (exact) mass is 407 g/mol. The molecule has 0 bridgehead atoms. The number of nitrogens with one attached hydrogen (secondary N) is 2. The minimum absolute atomic E-state index is 0.0716. The van der Waals surface area contributed by atoms with Crippen LogP contribution in [0.25, 0.3) is 0 Å². The van der Waals surface area contributed by atoms with Crippen molar-refractivity contribution < 1.29 is 14.3 Å². The Kier molecular flexibility index (Phi) is 7.49. The molecule has 0 unspecified atom stereocenters. The molecule has 0 saturated carbocycles. The molecule has 0 radical (unpaired) electrons. The van der Waals surface area contributed by atoms with Crippen molar-refractivity contribution in [2.45, 2.75) is 19.8 Å². The summed E-state index contributed by atoms with van der Waals surface area (Å²) >= 11 is 0. The Balaban J connectivity index is 1.51. The molecule has 1 aliphatic heterocycles. The Morgan fingerprint density at radius 2 is 1.83 bits per heavy atom. The van der Waals surface area contributed by atoms with Crippen LogP contribution in [0.5, 0.6) is 5.75 Å². The van der Waals surface area contributed by atoms with Gasteiger partial charge in [-0.2, -0.15) is 0 Å². The minimum Gasteiger partial charge on any atom is -0.487 e. The van der Waals surface area contributed by atoms with Gasteiger partial charge in [-0.3, -0.25) is 9.59 Å². The van der Waals surface area contributed by atoms with Crippen LogP contribution in [0.2, 0.25) is 0 Å². The fourth-order valence-corrected chi connectivity index (χ4v) is 3.35. The summed E-state index contributed by atoms with van der Waals surface area (Å²) in [4.78, 5) is 26.8. The second kappa shape index (κ2) is 10.5. The number of benzene rings is 2. The third kappa shape index (κ3) is 5.86. The van der Waals surface area contributed by atoms with Gasteiger partial charge in [0.1, 0.15) is 12.4 Å². The van der Waals surface area contributed by atoms with Crippen LogP contribution in [0.1, 0.15) is 30.1 Å². The number of hydrogen-bond donors (Lipinski definition) is 2. The first kappa shape index (κ1) is 21.4. The molecule has 30 heavy (non-hydrogen) atoms. The van der Waals surface area contributed by atoms with E-state index in [2.05, 4.69) is 24.1 Å². The van der Waals surface area contributed by atoms with Gasteiger partial charge >= 0.3 is 0 Å². The van der Waals surface area contributed by atoms with Gasteiger partial charge in [0.05, 0.1) is 12.2 Å². The molecule has 1 heterocycles. The lowest BCUT2D eigenvalue weighted by Crippen LogP contribution is -2.37. The predicted molar refractivity (Wildman–Crippen MR) is 120 cm³/mol. The average Bonchev–Trinajstić information content (AvgIpc) is 2.77. The number of hydrogen-bond acceptors (Lipinski definition) is 4. The number of likely N-dealkylation sites (tertiary alicyclic amines) is 1. The van der Waals surface area contributed by atoms with Crippen molar-refractivity contribution in [3.63, 3.8) is 0 Å². The molecule has 0 spiro atoms. The average molecular weight is 408 g/mol. The topological polar surface area (TPSA) is 70.7 Å². The van der Waals surface area contributed by atoms with Crippen molar-refractivity contribution in [2.24, 2.45) is 5.92 Å². The summed E-state index contributed by atoms with van der Waals surface area (Å²) in [6.07, 6.45) is 3.77. The summed E-state index contributed by atoms with van der Waals surface area (Å²) < 4.78 is 5.55. The number of rotatable bonds is 8. The van der Waals surface area contributed by atoms with Gasteiger partial charge in [0.25, 0.3) is 5.91 Å². The minimum atomic E-state index is -0.188. The van der Waals surface area contributed by atoms with E-state index in [1.54, 1.807) is 30.3 Å². The van der Waals surface area contributed by atoms with Crippen LogP contribution in [-0.2, 0) is 4.79 Å². The number of amides is 2. The quantitative estimate of drug-likeness (QED) is 0.644. The van der Waals surface area contributed by atoms with Crippen LogP contribution >= 0.6 is 0 Å². The largest absolute Gasteiger partial charge is 0.487 e. The van der Waals surface area contributed by atoms with E-state index in [0.29, 0.717) is 29.5 Å². The summed E-state index contributed by atoms with van der Waals surface area (Å²) in [6, 6.07) is 14.5. The van der Waals surface area contributed by atoms with Crippen molar-refractivity contribution in [2.75, 3.05) is 36.9 Å². The number of ether oxygens (including phenoxy) is 1. The Morgan fingerprint density at radius 1 is 1.13 bits per heavy atom. The third-order valence-corrected chi connectivity index (χ3v) is 5.17. The summed E-state index contributed by atoms with van der Waals surface area (Å²) in [6.45, 7) is 7.96. The maximum Gasteiger partial charge on any atom is 0.253 e. The second-order valence-electron chi connectivity index (χ2n) is 7.55. The summed E-state index contributed by atoms with van der Waals surface area (Å²) in [5.41, 5.74) is 2.07. The number of piperidine rings is 1. The molecule has 1 fully saturated rings. The molecule has 0 atom stereocenters. The van der Waals surface area contributed by atoms with Gasteiger partial charge in [-0.25, -0.2) is 0 Å². The normalized spacial score (nSPS) is 14.1. The SMILES string of the molecule is C=CCOc1ccccc1NC(=O)CNc1ccc(C(=O)N2CCC(C)CC2)cc1. The smallest absolute Gasteiger partial charge is 0.253 e. The van der Waals surface area contributed by atoms with E-state index in [1.165, 1.54) is 0 Å². The second-order valence-corrected chi connectivity index (χ2v) is 7.55. The molecule has 2 N–H and O–H groups in total. The molecule has 1 saturated heterocycles. The predicted octanol–water partition coefficient (Wildman–Crippen LogP) is 4.17. The van der Waals surface area contributed by atoms with E-state index in [1.807, 2.05) is 29.2 Å². The van der Waals surface area contributed by atoms with Crippen LogP contribution in [0.15, 0.2) is 61.2 Å². The van der Waals surface area contributed by atoms with Crippen molar-refractivity contribution >= 4 is 23.2 Å². The molecular formula is C24H29N3O3. The van der Waals surface area contributed by atoms with Gasteiger partial charge in [-0.1, -0.05) is 31.7 Å². The maximum atomic E-state index is 12.6. The molecule has 0 aliphatic carbocycles. The van der Waals surface area contributed by atoms with Crippen LogP contribution in [-0.4, -0.2) is 43.0 Å². The van der Waals surface area contributed by atoms with Crippen molar-refractivity contribution in [1.29, 1.82) is 0 Å². The molecule has 0 aromatic heterocycles. The lowest BCUT2D eigenvalue weighted by Gasteiger charge is -2.30. The van der Waals surface area contributed by atoms with Crippen LogP contribution in [0.4, 0.5) is 11.4 Å². The lowest BCUT2D eigenvalue weighted by molar-refractivity contribution is -0.114. The summed E-state index contributed by atoms with van der Waals surface area (Å²) in [7, 11) is 0. The zero-order chi connectivity index (χ0) is 21.3. The first-order valence-corrected chi connectivity index (χ1v) is 10.3. The Labute approximate surface area is 177 Å². The van der Waals surface area contributed by atoms with Gasteiger partial charge in [-0.15, -0.1) is 0 Å². The molecule has 158 valence electrons.